The third kappa shape index (κ3) is 6.72. The van der Waals surface area contributed by atoms with Gasteiger partial charge in [0.25, 0.3) is 0 Å². The average Bonchev–Trinajstić information content (AvgIpc) is 2.82. The quantitative estimate of drug-likeness (QED) is 0.528. The van der Waals surface area contributed by atoms with E-state index < -0.39 is 0 Å². The van der Waals surface area contributed by atoms with Crippen molar-refractivity contribution in [2.45, 2.75) is 71.3 Å². The van der Waals surface area contributed by atoms with Crippen molar-refractivity contribution in [2.75, 3.05) is 5.32 Å². The summed E-state index contributed by atoms with van der Waals surface area (Å²) < 4.78 is 0. The first-order chi connectivity index (χ1) is 8.36. The second-order valence-electron chi connectivity index (χ2n) is 4.84. The van der Waals surface area contributed by atoms with E-state index in [-0.39, 0.29) is 0 Å². The maximum atomic E-state index is 3.69. The third-order valence-electron chi connectivity index (χ3n) is 3.20. The van der Waals surface area contributed by atoms with Gasteiger partial charge in [0.2, 0.25) is 0 Å². The number of unbranched alkanes of at least 4 members (excludes halogenated alkanes) is 4. The van der Waals surface area contributed by atoms with Crippen LogP contribution in [0.2, 0.25) is 0 Å². The van der Waals surface area contributed by atoms with Crippen molar-refractivity contribution in [3.05, 3.63) is 16.8 Å². The summed E-state index contributed by atoms with van der Waals surface area (Å²) >= 11 is 1.78. The van der Waals surface area contributed by atoms with Crippen LogP contribution in [0.4, 0.5) is 5.69 Å². The van der Waals surface area contributed by atoms with E-state index >= 15 is 0 Å². The zero-order valence-corrected chi connectivity index (χ0v) is 12.2. The Labute approximate surface area is 111 Å². The lowest BCUT2D eigenvalue weighted by Gasteiger charge is -2.19. The lowest BCUT2D eigenvalue weighted by atomic mass is 10.0. The molecule has 0 aliphatic heterocycles. The first-order valence-electron chi connectivity index (χ1n) is 7.15. The smallest absolute Gasteiger partial charge is 0.0450 e. The van der Waals surface area contributed by atoms with Gasteiger partial charge >= 0.3 is 0 Å². The fourth-order valence-corrected chi connectivity index (χ4v) is 2.75. The highest BCUT2D eigenvalue weighted by atomic mass is 32.1. The Morgan fingerprint density at radius 1 is 1.06 bits per heavy atom. The topological polar surface area (TPSA) is 12.0 Å². The monoisotopic (exact) mass is 253 g/mol. The van der Waals surface area contributed by atoms with Crippen molar-refractivity contribution in [2.24, 2.45) is 0 Å². The van der Waals surface area contributed by atoms with E-state index in [1.54, 1.807) is 11.3 Å². The Morgan fingerprint density at radius 2 is 1.71 bits per heavy atom. The van der Waals surface area contributed by atoms with E-state index in [4.69, 9.17) is 0 Å². The maximum absolute atomic E-state index is 3.69. The summed E-state index contributed by atoms with van der Waals surface area (Å²) in [4.78, 5) is 0. The molecule has 0 amide bonds. The molecule has 0 bridgehead atoms. The van der Waals surface area contributed by atoms with Crippen molar-refractivity contribution >= 4 is 17.0 Å². The second-order valence-corrected chi connectivity index (χ2v) is 5.62. The van der Waals surface area contributed by atoms with Crippen LogP contribution in [0.1, 0.15) is 65.2 Å². The molecule has 0 atom stereocenters. The zero-order valence-electron chi connectivity index (χ0n) is 11.4. The molecule has 0 aliphatic rings. The molecule has 17 heavy (non-hydrogen) atoms. The Hall–Kier alpha value is -0.500. The largest absolute Gasteiger partial charge is 0.382 e. The molecule has 0 aliphatic carbocycles. The van der Waals surface area contributed by atoms with Gasteiger partial charge in [0.15, 0.2) is 0 Å². The Bertz CT molecular complexity index is 246. The summed E-state index contributed by atoms with van der Waals surface area (Å²) in [6, 6.07) is 2.87. The molecule has 0 aromatic carbocycles. The first kappa shape index (κ1) is 14.6. The lowest BCUT2D eigenvalue weighted by molar-refractivity contribution is 0.526. The predicted molar refractivity (Wildman–Crippen MR) is 80.0 cm³/mol. The molecule has 0 radical (unpaired) electrons. The normalized spacial score (nSPS) is 11.0. The molecule has 2 heteroatoms. The lowest BCUT2D eigenvalue weighted by Crippen LogP contribution is -2.19. The Kier molecular flexibility index (Phi) is 8.16. The van der Waals surface area contributed by atoms with Crippen LogP contribution >= 0.6 is 11.3 Å². The molecule has 1 heterocycles. The van der Waals surface area contributed by atoms with Gasteiger partial charge in [-0.2, -0.15) is 11.3 Å². The molecular formula is C15H27NS. The van der Waals surface area contributed by atoms with Crippen LogP contribution < -0.4 is 5.32 Å². The molecule has 1 N–H and O–H groups in total. The van der Waals surface area contributed by atoms with Crippen LogP contribution in [0.15, 0.2) is 16.8 Å². The van der Waals surface area contributed by atoms with Gasteiger partial charge in [0, 0.05) is 17.1 Å². The summed E-state index contributed by atoms with van der Waals surface area (Å²) in [5, 5.41) is 8.05. The zero-order chi connectivity index (χ0) is 12.3. The first-order valence-corrected chi connectivity index (χ1v) is 8.09. The number of anilines is 1. The Morgan fingerprint density at radius 3 is 2.18 bits per heavy atom. The summed E-state index contributed by atoms with van der Waals surface area (Å²) in [7, 11) is 0. The van der Waals surface area contributed by atoms with Gasteiger partial charge in [-0.25, -0.2) is 0 Å². The number of rotatable bonds is 10. The van der Waals surface area contributed by atoms with Gasteiger partial charge in [-0.15, -0.1) is 0 Å². The van der Waals surface area contributed by atoms with Crippen LogP contribution in [0, 0.1) is 0 Å². The number of hydrogen-bond donors (Lipinski definition) is 1. The molecule has 0 saturated heterocycles. The molecule has 0 fully saturated rings. The van der Waals surface area contributed by atoms with Crippen molar-refractivity contribution in [1.29, 1.82) is 0 Å². The molecule has 1 nitrogen and oxygen atoms in total. The standard InChI is InChI=1S/C15H27NS/c1-3-5-7-9-14(10-8-6-4-2)16-15-11-12-17-13-15/h11-14,16H,3-10H2,1-2H3. The van der Waals surface area contributed by atoms with E-state index in [9.17, 15) is 0 Å². The summed E-state index contributed by atoms with van der Waals surface area (Å²) in [5.74, 6) is 0. The maximum Gasteiger partial charge on any atom is 0.0450 e. The second kappa shape index (κ2) is 9.52. The summed E-state index contributed by atoms with van der Waals surface area (Å²) in [6.07, 6.45) is 10.8. The van der Waals surface area contributed by atoms with E-state index in [0.29, 0.717) is 6.04 Å². The van der Waals surface area contributed by atoms with Crippen molar-refractivity contribution in [1.82, 2.24) is 0 Å². The highest BCUT2D eigenvalue weighted by molar-refractivity contribution is 7.08. The van der Waals surface area contributed by atoms with Crippen LogP contribution in [-0.2, 0) is 0 Å². The van der Waals surface area contributed by atoms with Crippen LogP contribution in [0.25, 0.3) is 0 Å². The van der Waals surface area contributed by atoms with Crippen LogP contribution in [0.5, 0.6) is 0 Å². The van der Waals surface area contributed by atoms with Gasteiger partial charge < -0.3 is 5.32 Å². The van der Waals surface area contributed by atoms with Gasteiger partial charge in [0.05, 0.1) is 0 Å². The molecule has 0 unspecified atom stereocenters. The molecule has 98 valence electrons. The minimum atomic E-state index is 0.683. The van der Waals surface area contributed by atoms with Crippen molar-refractivity contribution in [3.8, 4) is 0 Å². The van der Waals surface area contributed by atoms with Crippen LogP contribution in [-0.4, -0.2) is 6.04 Å². The van der Waals surface area contributed by atoms with Crippen molar-refractivity contribution < 1.29 is 0 Å². The SMILES string of the molecule is CCCCCC(CCCCC)Nc1ccsc1. The van der Waals surface area contributed by atoms with Gasteiger partial charge in [-0.05, 0) is 24.3 Å². The number of hydrogen-bond acceptors (Lipinski definition) is 2. The Balaban J connectivity index is 2.29. The molecule has 1 rings (SSSR count). The highest BCUT2D eigenvalue weighted by Crippen LogP contribution is 2.19. The summed E-state index contributed by atoms with van der Waals surface area (Å²) in [5.41, 5.74) is 1.31. The van der Waals surface area contributed by atoms with E-state index in [1.165, 1.54) is 57.1 Å². The summed E-state index contributed by atoms with van der Waals surface area (Å²) in [6.45, 7) is 4.55. The molecule has 0 spiro atoms. The molecule has 1 aromatic rings. The fourth-order valence-electron chi connectivity index (χ4n) is 2.15. The van der Waals surface area contributed by atoms with Crippen molar-refractivity contribution in [3.63, 3.8) is 0 Å². The minimum Gasteiger partial charge on any atom is -0.382 e. The molecule has 1 aromatic heterocycles. The van der Waals surface area contributed by atoms with Crippen LogP contribution in [0.3, 0.4) is 0 Å². The van der Waals surface area contributed by atoms with Gasteiger partial charge in [0.1, 0.15) is 0 Å². The predicted octanol–water partition coefficient (Wildman–Crippen LogP) is 5.69. The number of thiophene rings is 1. The third-order valence-corrected chi connectivity index (χ3v) is 3.89. The van der Waals surface area contributed by atoms with Gasteiger partial charge in [-0.1, -0.05) is 52.4 Å². The fraction of sp³-hybridized carbons (Fsp3) is 0.733. The van der Waals surface area contributed by atoms with E-state index in [1.807, 2.05) is 0 Å². The van der Waals surface area contributed by atoms with E-state index in [2.05, 4.69) is 36.0 Å². The van der Waals surface area contributed by atoms with Gasteiger partial charge in [-0.3, -0.25) is 0 Å². The highest BCUT2D eigenvalue weighted by Gasteiger charge is 2.08. The molecule has 0 saturated carbocycles. The molecular weight excluding hydrogens is 226 g/mol. The number of nitrogens with one attached hydrogen (secondary N) is 1. The minimum absolute atomic E-state index is 0.683. The van der Waals surface area contributed by atoms with E-state index in [0.717, 1.165) is 0 Å². The average molecular weight is 253 g/mol.